The van der Waals surface area contributed by atoms with Crippen molar-refractivity contribution in [1.82, 2.24) is 10.3 Å². The SMILES string of the molecule is Cc1ccccc1C(C)NC(=O)c1cc(Cl)ccn1. The zero-order valence-corrected chi connectivity index (χ0v) is 11.6. The molecular formula is C15H15ClN2O. The molecular weight excluding hydrogens is 260 g/mol. The van der Waals surface area contributed by atoms with Crippen molar-refractivity contribution in [2.45, 2.75) is 19.9 Å². The van der Waals surface area contributed by atoms with Crippen molar-refractivity contribution in [3.05, 3.63) is 64.4 Å². The van der Waals surface area contributed by atoms with Crippen LogP contribution in [0.25, 0.3) is 0 Å². The fourth-order valence-electron chi connectivity index (χ4n) is 1.95. The predicted octanol–water partition coefficient (Wildman–Crippen LogP) is 3.53. The number of aryl methyl sites for hydroxylation is 1. The normalized spacial score (nSPS) is 11.9. The van der Waals surface area contributed by atoms with Gasteiger partial charge in [0.2, 0.25) is 0 Å². The Balaban J connectivity index is 2.13. The second-order valence-corrected chi connectivity index (χ2v) is 4.85. The number of halogens is 1. The van der Waals surface area contributed by atoms with E-state index < -0.39 is 0 Å². The molecule has 0 aliphatic rings. The van der Waals surface area contributed by atoms with E-state index in [1.165, 1.54) is 6.20 Å². The highest BCUT2D eigenvalue weighted by Gasteiger charge is 2.13. The van der Waals surface area contributed by atoms with E-state index >= 15 is 0 Å². The summed E-state index contributed by atoms with van der Waals surface area (Å²) in [4.78, 5) is 16.1. The van der Waals surface area contributed by atoms with Gasteiger partial charge in [0.05, 0.1) is 6.04 Å². The van der Waals surface area contributed by atoms with Crippen molar-refractivity contribution in [2.75, 3.05) is 0 Å². The van der Waals surface area contributed by atoms with E-state index in [-0.39, 0.29) is 11.9 Å². The van der Waals surface area contributed by atoms with Crippen LogP contribution in [0.3, 0.4) is 0 Å². The first kappa shape index (κ1) is 13.6. The fourth-order valence-corrected chi connectivity index (χ4v) is 2.11. The summed E-state index contributed by atoms with van der Waals surface area (Å²) in [5.41, 5.74) is 2.57. The second-order valence-electron chi connectivity index (χ2n) is 4.41. The molecule has 0 saturated carbocycles. The van der Waals surface area contributed by atoms with Gasteiger partial charge < -0.3 is 5.32 Å². The lowest BCUT2D eigenvalue weighted by molar-refractivity contribution is 0.0935. The number of benzene rings is 1. The van der Waals surface area contributed by atoms with Gasteiger partial charge in [-0.05, 0) is 37.1 Å². The van der Waals surface area contributed by atoms with Gasteiger partial charge in [-0.2, -0.15) is 0 Å². The average molecular weight is 275 g/mol. The molecule has 0 spiro atoms. The smallest absolute Gasteiger partial charge is 0.270 e. The van der Waals surface area contributed by atoms with Crippen molar-refractivity contribution < 1.29 is 4.79 Å². The van der Waals surface area contributed by atoms with Crippen LogP contribution in [-0.2, 0) is 0 Å². The Bertz CT molecular complexity index is 598. The molecule has 4 heteroatoms. The van der Waals surface area contributed by atoms with Crippen molar-refractivity contribution in [2.24, 2.45) is 0 Å². The standard InChI is InChI=1S/C15H15ClN2O/c1-10-5-3-4-6-13(10)11(2)18-15(19)14-9-12(16)7-8-17-14/h3-9,11H,1-2H3,(H,18,19). The maximum Gasteiger partial charge on any atom is 0.270 e. The summed E-state index contributed by atoms with van der Waals surface area (Å²) in [5.74, 6) is -0.224. The first-order chi connectivity index (χ1) is 9.08. The van der Waals surface area contributed by atoms with Crippen LogP contribution in [0.15, 0.2) is 42.6 Å². The molecule has 0 saturated heterocycles. The van der Waals surface area contributed by atoms with Crippen molar-refractivity contribution >= 4 is 17.5 Å². The van der Waals surface area contributed by atoms with Gasteiger partial charge in [0.15, 0.2) is 0 Å². The van der Waals surface area contributed by atoms with Crippen LogP contribution in [0, 0.1) is 6.92 Å². The number of nitrogens with zero attached hydrogens (tertiary/aromatic N) is 1. The van der Waals surface area contributed by atoms with Gasteiger partial charge in [0, 0.05) is 11.2 Å². The fraction of sp³-hybridized carbons (Fsp3) is 0.200. The number of pyridine rings is 1. The van der Waals surface area contributed by atoms with Crippen LogP contribution >= 0.6 is 11.6 Å². The highest BCUT2D eigenvalue weighted by molar-refractivity contribution is 6.30. The molecule has 2 rings (SSSR count). The van der Waals surface area contributed by atoms with E-state index in [0.29, 0.717) is 10.7 Å². The molecule has 1 heterocycles. The minimum atomic E-state index is -0.224. The van der Waals surface area contributed by atoms with Crippen LogP contribution in [-0.4, -0.2) is 10.9 Å². The molecule has 0 fully saturated rings. The summed E-state index contributed by atoms with van der Waals surface area (Å²) in [6, 6.07) is 11.1. The van der Waals surface area contributed by atoms with Crippen LogP contribution < -0.4 is 5.32 Å². The van der Waals surface area contributed by atoms with E-state index in [0.717, 1.165) is 11.1 Å². The molecule has 19 heavy (non-hydrogen) atoms. The Hall–Kier alpha value is -1.87. The van der Waals surface area contributed by atoms with Crippen LogP contribution in [0.5, 0.6) is 0 Å². The van der Waals surface area contributed by atoms with Gasteiger partial charge in [0.25, 0.3) is 5.91 Å². The first-order valence-electron chi connectivity index (χ1n) is 6.06. The topological polar surface area (TPSA) is 42.0 Å². The molecule has 1 N–H and O–H groups in total. The number of aromatic nitrogens is 1. The third kappa shape index (κ3) is 3.32. The van der Waals surface area contributed by atoms with Crippen molar-refractivity contribution in [3.8, 4) is 0 Å². The number of rotatable bonds is 3. The molecule has 0 radical (unpaired) electrons. The van der Waals surface area contributed by atoms with E-state index in [1.807, 2.05) is 38.1 Å². The van der Waals surface area contributed by atoms with Gasteiger partial charge in [-0.1, -0.05) is 35.9 Å². The molecule has 98 valence electrons. The maximum atomic E-state index is 12.1. The third-order valence-electron chi connectivity index (χ3n) is 2.96. The molecule has 3 nitrogen and oxygen atoms in total. The highest BCUT2D eigenvalue weighted by Crippen LogP contribution is 2.17. The van der Waals surface area contributed by atoms with Crippen molar-refractivity contribution in [3.63, 3.8) is 0 Å². The van der Waals surface area contributed by atoms with E-state index in [1.54, 1.807) is 12.1 Å². The zero-order chi connectivity index (χ0) is 13.8. The summed E-state index contributed by atoms with van der Waals surface area (Å²) in [7, 11) is 0. The van der Waals surface area contributed by atoms with Crippen LogP contribution in [0.4, 0.5) is 0 Å². The van der Waals surface area contributed by atoms with Gasteiger partial charge in [-0.25, -0.2) is 0 Å². The summed E-state index contributed by atoms with van der Waals surface area (Å²) in [5, 5.41) is 3.42. The number of hydrogen-bond donors (Lipinski definition) is 1. The molecule has 1 atom stereocenters. The molecule has 0 aliphatic carbocycles. The lowest BCUT2D eigenvalue weighted by Gasteiger charge is -2.16. The zero-order valence-electron chi connectivity index (χ0n) is 10.9. The van der Waals surface area contributed by atoms with Crippen LogP contribution in [0.2, 0.25) is 5.02 Å². The molecule has 0 aliphatic heterocycles. The summed E-state index contributed by atoms with van der Waals surface area (Å²) in [6.45, 7) is 3.97. The lowest BCUT2D eigenvalue weighted by atomic mass is 10.0. The van der Waals surface area contributed by atoms with Gasteiger partial charge >= 0.3 is 0 Å². The van der Waals surface area contributed by atoms with Crippen LogP contribution in [0.1, 0.15) is 34.6 Å². The molecule has 0 bridgehead atoms. The van der Waals surface area contributed by atoms with Gasteiger partial charge in [-0.3, -0.25) is 9.78 Å². The molecule has 1 aromatic carbocycles. The van der Waals surface area contributed by atoms with Gasteiger partial charge in [-0.15, -0.1) is 0 Å². The Morgan fingerprint density at radius 2 is 2.05 bits per heavy atom. The molecule has 1 aromatic heterocycles. The Morgan fingerprint density at radius 3 is 2.74 bits per heavy atom. The second kappa shape index (κ2) is 5.85. The monoisotopic (exact) mass is 274 g/mol. The van der Waals surface area contributed by atoms with E-state index in [4.69, 9.17) is 11.6 Å². The number of amides is 1. The minimum absolute atomic E-state index is 0.0746. The Kier molecular flexibility index (Phi) is 4.17. The minimum Gasteiger partial charge on any atom is -0.344 e. The summed E-state index contributed by atoms with van der Waals surface area (Å²) >= 11 is 5.85. The van der Waals surface area contributed by atoms with Gasteiger partial charge in [0.1, 0.15) is 5.69 Å². The Morgan fingerprint density at radius 1 is 1.32 bits per heavy atom. The summed E-state index contributed by atoms with van der Waals surface area (Å²) < 4.78 is 0. The quantitative estimate of drug-likeness (QED) is 0.930. The predicted molar refractivity (Wildman–Crippen MR) is 76.3 cm³/mol. The van der Waals surface area contributed by atoms with E-state index in [9.17, 15) is 4.79 Å². The van der Waals surface area contributed by atoms with Crippen molar-refractivity contribution in [1.29, 1.82) is 0 Å². The molecule has 1 unspecified atom stereocenters. The average Bonchev–Trinajstić information content (AvgIpc) is 2.39. The Labute approximate surface area is 117 Å². The number of hydrogen-bond acceptors (Lipinski definition) is 2. The highest BCUT2D eigenvalue weighted by atomic mass is 35.5. The molecule has 1 amide bonds. The number of carbonyl (C=O) groups is 1. The lowest BCUT2D eigenvalue weighted by Crippen LogP contribution is -2.27. The number of carbonyl (C=O) groups excluding carboxylic acids is 1. The summed E-state index contributed by atoms with van der Waals surface area (Å²) in [6.07, 6.45) is 1.52. The van der Waals surface area contributed by atoms with E-state index in [2.05, 4.69) is 10.3 Å². The maximum absolute atomic E-state index is 12.1. The third-order valence-corrected chi connectivity index (χ3v) is 3.19. The molecule has 2 aromatic rings. The first-order valence-corrected chi connectivity index (χ1v) is 6.43. The number of nitrogens with one attached hydrogen (secondary N) is 1. The largest absolute Gasteiger partial charge is 0.344 e.